The zero-order chi connectivity index (χ0) is 21.3. The van der Waals surface area contributed by atoms with E-state index in [9.17, 15) is 17.6 Å². The van der Waals surface area contributed by atoms with Crippen molar-refractivity contribution < 1.29 is 17.6 Å². The van der Waals surface area contributed by atoms with Gasteiger partial charge < -0.3 is 5.32 Å². The van der Waals surface area contributed by atoms with E-state index in [0.29, 0.717) is 35.3 Å². The molecule has 0 saturated carbocycles. The fourth-order valence-electron chi connectivity index (χ4n) is 3.14. The van der Waals surface area contributed by atoms with Crippen molar-refractivity contribution in [3.8, 4) is 0 Å². The van der Waals surface area contributed by atoms with Crippen molar-refractivity contribution in [2.75, 3.05) is 18.4 Å². The summed E-state index contributed by atoms with van der Waals surface area (Å²) in [4.78, 5) is 12.3. The van der Waals surface area contributed by atoms with Crippen LogP contribution in [0.5, 0.6) is 0 Å². The number of para-hydroxylation sites is 1. The number of rotatable bonds is 5. The van der Waals surface area contributed by atoms with Gasteiger partial charge >= 0.3 is 0 Å². The van der Waals surface area contributed by atoms with Gasteiger partial charge in [-0.15, -0.1) is 21.5 Å². The van der Waals surface area contributed by atoms with Gasteiger partial charge in [-0.3, -0.25) is 4.79 Å². The molecule has 1 fully saturated rings. The molecule has 12 heteroatoms. The van der Waals surface area contributed by atoms with E-state index in [4.69, 9.17) is 11.6 Å². The summed E-state index contributed by atoms with van der Waals surface area (Å²) in [7, 11) is -3.56. The average molecular weight is 487 g/mol. The Bertz CT molecular complexity index is 1170. The molecule has 1 saturated heterocycles. The second-order valence-corrected chi connectivity index (χ2v) is 11.5. The first kappa shape index (κ1) is 21.3. The van der Waals surface area contributed by atoms with Crippen LogP contribution < -0.4 is 5.32 Å². The number of carbonyl (C=O) groups is 1. The highest BCUT2D eigenvalue weighted by Gasteiger charge is 2.32. The molecule has 0 unspecified atom stereocenters. The van der Waals surface area contributed by atoms with Crippen molar-refractivity contribution in [2.24, 2.45) is 0 Å². The minimum absolute atomic E-state index is 0.0101. The molecular weight excluding hydrogens is 471 g/mol. The third kappa shape index (κ3) is 4.40. The molecule has 3 aromatic rings. The number of benzene rings is 1. The highest BCUT2D eigenvalue weighted by Crippen LogP contribution is 2.34. The standard InChI is InChI=1S/C18H16ClFN4O3S3/c19-14-5-6-15(28-14)30(26,27)24-9-7-11(8-10-24)17-22-23-18(29-17)16(25)21-13-4-2-1-3-12(13)20/h1-6,11H,7-10H2,(H,21,25). The van der Waals surface area contributed by atoms with Crippen molar-refractivity contribution in [1.29, 1.82) is 0 Å². The maximum Gasteiger partial charge on any atom is 0.286 e. The molecule has 1 aromatic carbocycles. The Labute approximate surface area is 185 Å². The normalized spacial score (nSPS) is 15.9. The Kier molecular flexibility index (Phi) is 6.16. The summed E-state index contributed by atoms with van der Waals surface area (Å²) in [6.45, 7) is 0.692. The maximum atomic E-state index is 13.7. The lowest BCUT2D eigenvalue weighted by molar-refractivity contribution is 0.102. The van der Waals surface area contributed by atoms with E-state index < -0.39 is 21.7 Å². The topological polar surface area (TPSA) is 92.3 Å². The van der Waals surface area contributed by atoms with Crippen LogP contribution >= 0.6 is 34.3 Å². The zero-order valence-corrected chi connectivity index (χ0v) is 18.6. The number of piperidine rings is 1. The summed E-state index contributed by atoms with van der Waals surface area (Å²) in [5.41, 5.74) is 0.0754. The molecule has 0 bridgehead atoms. The largest absolute Gasteiger partial charge is 0.317 e. The molecule has 7 nitrogen and oxygen atoms in total. The molecule has 1 N–H and O–H groups in total. The van der Waals surface area contributed by atoms with E-state index >= 15 is 0 Å². The fraction of sp³-hybridized carbons (Fsp3) is 0.278. The summed E-state index contributed by atoms with van der Waals surface area (Å²) in [5.74, 6) is -1.05. The van der Waals surface area contributed by atoms with E-state index in [-0.39, 0.29) is 20.8 Å². The van der Waals surface area contributed by atoms with Gasteiger partial charge in [-0.2, -0.15) is 4.31 Å². The Hall–Kier alpha value is -1.92. The number of amides is 1. The number of hydrogen-bond acceptors (Lipinski definition) is 7. The monoisotopic (exact) mass is 486 g/mol. The molecule has 1 amide bonds. The molecule has 0 spiro atoms. The van der Waals surface area contributed by atoms with E-state index in [0.717, 1.165) is 22.7 Å². The van der Waals surface area contributed by atoms with Crippen LogP contribution in [0.4, 0.5) is 10.1 Å². The highest BCUT2D eigenvalue weighted by atomic mass is 35.5. The number of nitrogens with one attached hydrogen (secondary N) is 1. The predicted molar refractivity (Wildman–Crippen MR) is 114 cm³/mol. The van der Waals surface area contributed by atoms with Gasteiger partial charge in [0.15, 0.2) is 0 Å². The molecule has 30 heavy (non-hydrogen) atoms. The van der Waals surface area contributed by atoms with E-state index in [2.05, 4.69) is 15.5 Å². The SMILES string of the molecule is O=C(Nc1ccccc1F)c1nnc(C2CCN(S(=O)(=O)c3ccc(Cl)s3)CC2)s1. The molecule has 3 heterocycles. The molecular formula is C18H16ClFN4O3S3. The third-order valence-electron chi connectivity index (χ3n) is 4.70. The van der Waals surface area contributed by atoms with Gasteiger partial charge in [0.05, 0.1) is 10.0 Å². The smallest absolute Gasteiger partial charge is 0.286 e. The van der Waals surface area contributed by atoms with Crippen LogP contribution in [-0.4, -0.2) is 41.9 Å². The van der Waals surface area contributed by atoms with Crippen molar-refractivity contribution in [1.82, 2.24) is 14.5 Å². The van der Waals surface area contributed by atoms with Crippen LogP contribution in [0.3, 0.4) is 0 Å². The Morgan fingerprint density at radius 3 is 2.53 bits per heavy atom. The molecule has 0 aliphatic carbocycles. The molecule has 0 radical (unpaired) electrons. The molecule has 0 atom stereocenters. The summed E-state index contributed by atoms with van der Waals surface area (Å²) < 4.78 is 41.2. The maximum absolute atomic E-state index is 13.7. The highest BCUT2D eigenvalue weighted by molar-refractivity contribution is 7.91. The summed E-state index contributed by atoms with van der Waals surface area (Å²) in [6, 6.07) is 8.96. The number of sulfonamides is 1. The lowest BCUT2D eigenvalue weighted by Crippen LogP contribution is -2.37. The first-order chi connectivity index (χ1) is 14.3. The summed E-state index contributed by atoms with van der Waals surface area (Å²) >= 11 is 8.04. The minimum Gasteiger partial charge on any atom is -0.317 e. The van der Waals surface area contributed by atoms with Gasteiger partial charge in [0.1, 0.15) is 15.0 Å². The van der Waals surface area contributed by atoms with Gasteiger partial charge in [0.2, 0.25) is 5.01 Å². The second-order valence-electron chi connectivity index (χ2n) is 6.62. The molecule has 2 aromatic heterocycles. The third-order valence-corrected chi connectivity index (χ3v) is 9.38. The quantitative estimate of drug-likeness (QED) is 0.583. The van der Waals surface area contributed by atoms with Crippen molar-refractivity contribution >= 4 is 55.9 Å². The average Bonchev–Trinajstić information content (AvgIpc) is 3.40. The van der Waals surface area contributed by atoms with Crippen molar-refractivity contribution in [3.63, 3.8) is 0 Å². The number of hydrogen-bond donors (Lipinski definition) is 1. The predicted octanol–water partition coefficient (Wildman–Crippen LogP) is 4.21. The summed E-state index contributed by atoms with van der Waals surface area (Å²) in [5, 5.41) is 11.3. The van der Waals surface area contributed by atoms with Crippen molar-refractivity contribution in [3.05, 3.63) is 56.6 Å². The van der Waals surface area contributed by atoms with Crippen LogP contribution in [0.1, 0.15) is 33.6 Å². The van der Waals surface area contributed by atoms with Gasteiger partial charge in [0.25, 0.3) is 15.9 Å². The van der Waals surface area contributed by atoms with E-state index in [1.807, 2.05) is 0 Å². The fourth-order valence-corrected chi connectivity index (χ4v) is 7.15. The Morgan fingerprint density at radius 2 is 1.87 bits per heavy atom. The number of anilines is 1. The molecule has 1 aliphatic heterocycles. The molecule has 4 rings (SSSR count). The lowest BCUT2D eigenvalue weighted by Gasteiger charge is -2.29. The Balaban J connectivity index is 1.39. The molecule has 1 aliphatic rings. The van der Waals surface area contributed by atoms with E-state index in [1.165, 1.54) is 28.6 Å². The minimum atomic E-state index is -3.56. The van der Waals surface area contributed by atoms with Crippen LogP contribution in [0.25, 0.3) is 0 Å². The van der Waals surface area contributed by atoms with Crippen LogP contribution in [0, 0.1) is 5.82 Å². The first-order valence-electron chi connectivity index (χ1n) is 8.99. The number of halogens is 2. The number of thiophene rings is 1. The van der Waals surface area contributed by atoms with Gasteiger partial charge in [0, 0.05) is 19.0 Å². The van der Waals surface area contributed by atoms with Crippen molar-refractivity contribution in [2.45, 2.75) is 23.0 Å². The zero-order valence-electron chi connectivity index (χ0n) is 15.4. The summed E-state index contributed by atoms with van der Waals surface area (Å²) in [6.07, 6.45) is 1.14. The Morgan fingerprint density at radius 1 is 1.13 bits per heavy atom. The van der Waals surface area contributed by atoms with E-state index in [1.54, 1.807) is 12.1 Å². The second kappa shape index (κ2) is 8.67. The van der Waals surface area contributed by atoms with Crippen LogP contribution in [0.15, 0.2) is 40.6 Å². The van der Waals surface area contributed by atoms with Gasteiger partial charge in [-0.25, -0.2) is 12.8 Å². The number of carbonyl (C=O) groups excluding carboxylic acids is 1. The van der Waals surface area contributed by atoms with Crippen LogP contribution in [0.2, 0.25) is 4.34 Å². The van der Waals surface area contributed by atoms with Gasteiger partial charge in [-0.1, -0.05) is 35.1 Å². The number of aromatic nitrogens is 2. The first-order valence-corrected chi connectivity index (χ1v) is 12.4. The van der Waals surface area contributed by atoms with Crippen LogP contribution in [-0.2, 0) is 10.0 Å². The lowest BCUT2D eigenvalue weighted by atomic mass is 9.99. The van der Waals surface area contributed by atoms with Gasteiger partial charge in [-0.05, 0) is 37.1 Å². The number of nitrogens with zero attached hydrogens (tertiary/aromatic N) is 3. The molecule has 158 valence electrons.